The third-order valence-corrected chi connectivity index (χ3v) is 8.61. The number of nitrogens with zero attached hydrogens (tertiary/aromatic N) is 2. The summed E-state index contributed by atoms with van der Waals surface area (Å²) in [4.78, 5) is 4.11. The molecule has 0 amide bonds. The highest BCUT2D eigenvalue weighted by Gasteiger charge is 2.31. The van der Waals surface area contributed by atoms with Gasteiger partial charge in [-0.05, 0) is 42.5 Å². The minimum Gasteiger partial charge on any atom is -0.390 e. The van der Waals surface area contributed by atoms with Crippen LogP contribution >= 0.6 is 11.3 Å². The van der Waals surface area contributed by atoms with Gasteiger partial charge in [-0.1, -0.05) is 32.9 Å². The highest BCUT2D eigenvalue weighted by molar-refractivity contribution is 7.91. The molecule has 1 unspecified atom stereocenters. The fourth-order valence-corrected chi connectivity index (χ4v) is 6.51. The van der Waals surface area contributed by atoms with Crippen LogP contribution in [0.4, 0.5) is 0 Å². The first-order valence-corrected chi connectivity index (χ1v) is 12.3. The highest BCUT2D eigenvalue weighted by atomic mass is 32.2. The summed E-state index contributed by atoms with van der Waals surface area (Å²) >= 11 is 0.845. The average molecular weight is 462 g/mol. The van der Waals surface area contributed by atoms with Crippen molar-refractivity contribution in [3.63, 3.8) is 0 Å². The van der Waals surface area contributed by atoms with Crippen LogP contribution in [0.15, 0.2) is 28.1 Å². The number of aliphatic hydroxyl groups excluding tert-OH is 1. The van der Waals surface area contributed by atoms with Crippen LogP contribution in [-0.2, 0) is 28.7 Å². The molecule has 0 fully saturated rings. The Morgan fingerprint density at radius 3 is 2.61 bits per heavy atom. The highest BCUT2D eigenvalue weighted by Crippen LogP contribution is 2.37. The van der Waals surface area contributed by atoms with Gasteiger partial charge in [0, 0.05) is 18.0 Å². The Morgan fingerprint density at radius 1 is 1.39 bits per heavy atom. The molecule has 0 bridgehead atoms. The fraction of sp³-hybridized carbons (Fsp3) is 0.455. The zero-order valence-corrected chi connectivity index (χ0v) is 19.9. The van der Waals surface area contributed by atoms with Crippen molar-refractivity contribution in [2.75, 3.05) is 0 Å². The minimum atomic E-state index is -4.02. The number of hydrogen-bond acceptors (Lipinski definition) is 7. The zero-order chi connectivity index (χ0) is 23.1. The first kappa shape index (κ1) is 23.4. The van der Waals surface area contributed by atoms with Crippen molar-refractivity contribution in [2.24, 2.45) is 0 Å². The van der Waals surface area contributed by atoms with E-state index >= 15 is 0 Å². The number of allylic oxidation sites excluding steroid dienone is 2. The maximum absolute atomic E-state index is 13.2. The van der Waals surface area contributed by atoms with Gasteiger partial charge in [0.05, 0.1) is 23.9 Å². The lowest BCUT2D eigenvalue weighted by Gasteiger charge is -2.27. The van der Waals surface area contributed by atoms with E-state index in [4.69, 9.17) is 0 Å². The molecular weight excluding hydrogens is 434 g/mol. The van der Waals surface area contributed by atoms with E-state index in [2.05, 4.69) is 15.8 Å². The Bertz CT molecular complexity index is 1180. The van der Waals surface area contributed by atoms with Gasteiger partial charge in [-0.15, -0.1) is 11.3 Å². The largest absolute Gasteiger partial charge is 0.390 e. The van der Waals surface area contributed by atoms with Crippen molar-refractivity contribution in [2.45, 2.75) is 69.3 Å². The van der Waals surface area contributed by atoms with Gasteiger partial charge in [0.15, 0.2) is 4.21 Å². The van der Waals surface area contributed by atoms with Crippen molar-refractivity contribution < 1.29 is 18.6 Å². The van der Waals surface area contributed by atoms with E-state index in [1.54, 1.807) is 0 Å². The standard InChI is InChI=1S/C22H27N3O4S2/c1-12(2)19-14(10-23)6-7-16-13(3)8-15(9-17(16)19)25-31(28,29)20-18(11-26)24-21(30-20)22(4,5)27/h6-8,12-13,25-27H,9,11H2,1-5H3. The summed E-state index contributed by atoms with van der Waals surface area (Å²) in [7, 11) is -4.02. The zero-order valence-electron chi connectivity index (χ0n) is 18.2. The van der Waals surface area contributed by atoms with Gasteiger partial charge in [0.1, 0.15) is 10.6 Å². The molecule has 1 aromatic carbocycles. The van der Waals surface area contributed by atoms with Crippen molar-refractivity contribution in [3.8, 4) is 6.07 Å². The van der Waals surface area contributed by atoms with E-state index in [-0.39, 0.29) is 26.7 Å². The lowest BCUT2D eigenvalue weighted by Crippen LogP contribution is -2.27. The van der Waals surface area contributed by atoms with Crippen LogP contribution in [0.3, 0.4) is 0 Å². The Kier molecular flexibility index (Phi) is 6.31. The number of hydrogen-bond donors (Lipinski definition) is 3. The molecule has 0 aliphatic heterocycles. The summed E-state index contributed by atoms with van der Waals surface area (Å²) in [6.07, 6.45) is 2.22. The first-order valence-electron chi connectivity index (χ1n) is 10.0. The molecule has 31 heavy (non-hydrogen) atoms. The number of aliphatic hydroxyl groups is 2. The second kappa shape index (κ2) is 8.36. The molecule has 1 atom stereocenters. The number of nitrogens with one attached hydrogen (secondary N) is 1. The van der Waals surface area contributed by atoms with Gasteiger partial charge >= 0.3 is 0 Å². The van der Waals surface area contributed by atoms with Crippen LogP contribution in [0.1, 0.15) is 79.4 Å². The Balaban J connectivity index is 2.01. The number of nitriles is 1. The Hall–Kier alpha value is -2.25. The van der Waals surface area contributed by atoms with E-state index < -0.39 is 22.2 Å². The summed E-state index contributed by atoms with van der Waals surface area (Å²) in [6, 6.07) is 6.02. The van der Waals surface area contributed by atoms with Gasteiger partial charge in [0.2, 0.25) is 0 Å². The van der Waals surface area contributed by atoms with Crippen LogP contribution in [0.2, 0.25) is 0 Å². The van der Waals surface area contributed by atoms with Crippen LogP contribution in [0, 0.1) is 11.3 Å². The number of rotatable bonds is 6. The minimum absolute atomic E-state index is 0.00844. The molecule has 0 saturated heterocycles. The van der Waals surface area contributed by atoms with Crippen LogP contribution in [-0.4, -0.2) is 23.6 Å². The molecule has 7 nitrogen and oxygen atoms in total. The first-order chi connectivity index (χ1) is 14.4. The summed E-state index contributed by atoms with van der Waals surface area (Å²) in [5.41, 5.74) is 2.81. The number of aromatic nitrogens is 1. The third-order valence-electron chi connectivity index (χ3n) is 5.24. The lowest BCUT2D eigenvalue weighted by molar-refractivity contribution is 0.0779. The molecule has 0 spiro atoms. The predicted molar refractivity (Wildman–Crippen MR) is 119 cm³/mol. The number of sulfonamides is 1. The molecule has 166 valence electrons. The molecule has 3 N–H and O–H groups in total. The summed E-state index contributed by atoms with van der Waals surface area (Å²) in [6.45, 7) is 8.50. The molecule has 3 rings (SSSR count). The molecule has 9 heteroatoms. The Morgan fingerprint density at radius 2 is 2.06 bits per heavy atom. The predicted octanol–water partition coefficient (Wildman–Crippen LogP) is 3.38. The monoisotopic (exact) mass is 461 g/mol. The lowest BCUT2D eigenvalue weighted by atomic mass is 9.80. The van der Waals surface area contributed by atoms with E-state index in [0.717, 1.165) is 28.0 Å². The molecule has 2 aromatic rings. The smallest absolute Gasteiger partial charge is 0.273 e. The van der Waals surface area contributed by atoms with Gasteiger partial charge in [0.25, 0.3) is 10.0 Å². The SMILES string of the molecule is CC(C)c1c(C#N)ccc2c1CC(NS(=O)(=O)c1sc(C(C)(C)O)nc1CO)=CC2C. The summed E-state index contributed by atoms with van der Waals surface area (Å²) in [5.74, 6) is 0.0852. The third kappa shape index (κ3) is 4.53. The van der Waals surface area contributed by atoms with Crippen molar-refractivity contribution >= 4 is 21.4 Å². The number of benzene rings is 1. The average Bonchev–Trinajstić information content (AvgIpc) is 3.12. The maximum atomic E-state index is 13.2. The number of thiazole rings is 1. The number of fused-ring (bicyclic) bond motifs is 1. The second-order valence-electron chi connectivity index (χ2n) is 8.59. The molecule has 1 aliphatic rings. The second-order valence-corrected chi connectivity index (χ2v) is 11.5. The molecule has 0 saturated carbocycles. The van der Waals surface area contributed by atoms with Gasteiger partial charge in [-0.25, -0.2) is 13.4 Å². The van der Waals surface area contributed by atoms with Crippen molar-refractivity contribution in [3.05, 3.63) is 56.9 Å². The summed E-state index contributed by atoms with van der Waals surface area (Å²) < 4.78 is 28.9. The molecule has 0 radical (unpaired) electrons. The van der Waals surface area contributed by atoms with E-state index in [1.807, 2.05) is 39.0 Å². The normalized spacial score (nSPS) is 16.6. The maximum Gasteiger partial charge on any atom is 0.273 e. The van der Waals surface area contributed by atoms with Crippen molar-refractivity contribution in [1.29, 1.82) is 5.26 Å². The quantitative estimate of drug-likeness (QED) is 0.606. The van der Waals surface area contributed by atoms with Crippen LogP contribution in [0.5, 0.6) is 0 Å². The summed E-state index contributed by atoms with van der Waals surface area (Å²) in [5, 5.41) is 29.6. The molecular formula is C22H27N3O4S2. The van der Waals surface area contributed by atoms with Gasteiger partial charge in [-0.3, -0.25) is 4.72 Å². The molecule has 1 heterocycles. The van der Waals surface area contributed by atoms with E-state index in [9.17, 15) is 23.9 Å². The van der Waals surface area contributed by atoms with E-state index in [0.29, 0.717) is 17.7 Å². The van der Waals surface area contributed by atoms with Gasteiger partial charge in [-0.2, -0.15) is 5.26 Å². The van der Waals surface area contributed by atoms with E-state index in [1.165, 1.54) is 13.8 Å². The molecule has 1 aliphatic carbocycles. The van der Waals surface area contributed by atoms with Gasteiger partial charge < -0.3 is 10.2 Å². The van der Waals surface area contributed by atoms with Crippen LogP contribution in [0.25, 0.3) is 0 Å². The van der Waals surface area contributed by atoms with Crippen molar-refractivity contribution in [1.82, 2.24) is 9.71 Å². The Labute approximate surface area is 187 Å². The van der Waals surface area contributed by atoms with Crippen LogP contribution < -0.4 is 4.72 Å². The topological polar surface area (TPSA) is 123 Å². The fourth-order valence-electron chi connectivity index (χ4n) is 3.90. The molecule has 1 aromatic heterocycles.